The SMILES string of the molecule is CCCn1ncc(CC(C)N)c1C1CC1. The van der Waals surface area contributed by atoms with Crippen LogP contribution in [0.4, 0.5) is 0 Å². The third-order valence-electron chi connectivity index (χ3n) is 2.90. The quantitative estimate of drug-likeness (QED) is 0.803. The first-order valence-electron chi connectivity index (χ1n) is 6.02. The Bertz CT molecular complexity index is 324. The molecule has 0 amide bonds. The Morgan fingerprint density at radius 1 is 1.60 bits per heavy atom. The summed E-state index contributed by atoms with van der Waals surface area (Å²) in [5, 5.41) is 4.48. The minimum atomic E-state index is 0.238. The molecule has 3 heteroatoms. The van der Waals surface area contributed by atoms with Crippen molar-refractivity contribution < 1.29 is 0 Å². The van der Waals surface area contributed by atoms with Gasteiger partial charge in [-0.25, -0.2) is 0 Å². The van der Waals surface area contributed by atoms with Crippen molar-refractivity contribution in [2.24, 2.45) is 5.73 Å². The van der Waals surface area contributed by atoms with Crippen LogP contribution in [0.5, 0.6) is 0 Å². The predicted molar refractivity (Wildman–Crippen MR) is 61.8 cm³/mol. The molecule has 1 aliphatic rings. The van der Waals surface area contributed by atoms with E-state index in [2.05, 4.69) is 23.6 Å². The molecule has 0 radical (unpaired) electrons. The van der Waals surface area contributed by atoms with Gasteiger partial charge in [0, 0.05) is 24.2 Å². The molecule has 1 aliphatic carbocycles. The van der Waals surface area contributed by atoms with Crippen LogP contribution in [-0.2, 0) is 13.0 Å². The van der Waals surface area contributed by atoms with E-state index in [1.165, 1.54) is 24.1 Å². The standard InChI is InChI=1S/C12H21N3/c1-3-6-15-12(10-4-5-10)11(8-14-15)7-9(2)13/h8-10H,3-7,13H2,1-2H3. The molecule has 2 N–H and O–H groups in total. The van der Waals surface area contributed by atoms with E-state index in [0.29, 0.717) is 0 Å². The predicted octanol–water partition coefficient (Wildman–Crippen LogP) is 2.06. The van der Waals surface area contributed by atoms with E-state index in [9.17, 15) is 0 Å². The van der Waals surface area contributed by atoms with Crippen LogP contribution < -0.4 is 5.73 Å². The zero-order valence-corrected chi connectivity index (χ0v) is 9.74. The van der Waals surface area contributed by atoms with E-state index < -0.39 is 0 Å². The number of aromatic nitrogens is 2. The summed E-state index contributed by atoms with van der Waals surface area (Å²) in [6.07, 6.45) is 6.81. The summed E-state index contributed by atoms with van der Waals surface area (Å²) in [7, 11) is 0. The van der Waals surface area contributed by atoms with E-state index in [4.69, 9.17) is 5.73 Å². The Kier molecular flexibility index (Phi) is 3.10. The average Bonchev–Trinajstić information content (AvgIpc) is 2.92. The molecule has 1 saturated carbocycles. The van der Waals surface area contributed by atoms with E-state index in [1.807, 2.05) is 6.20 Å². The maximum atomic E-state index is 5.86. The van der Waals surface area contributed by atoms with Crippen molar-refractivity contribution in [2.45, 2.75) is 58.0 Å². The van der Waals surface area contributed by atoms with Gasteiger partial charge in [-0.3, -0.25) is 4.68 Å². The molecule has 15 heavy (non-hydrogen) atoms. The van der Waals surface area contributed by atoms with Crippen LogP contribution in [0.2, 0.25) is 0 Å². The van der Waals surface area contributed by atoms with Gasteiger partial charge in [0.25, 0.3) is 0 Å². The Morgan fingerprint density at radius 3 is 2.87 bits per heavy atom. The molecule has 0 aromatic carbocycles. The summed E-state index contributed by atoms with van der Waals surface area (Å²) in [6, 6.07) is 0.238. The molecular weight excluding hydrogens is 186 g/mol. The van der Waals surface area contributed by atoms with Crippen LogP contribution in [0, 0.1) is 0 Å². The maximum absolute atomic E-state index is 5.86. The lowest BCUT2D eigenvalue weighted by molar-refractivity contribution is 0.572. The second-order valence-corrected chi connectivity index (χ2v) is 4.73. The van der Waals surface area contributed by atoms with Crippen LogP contribution in [0.1, 0.15) is 50.3 Å². The zero-order valence-electron chi connectivity index (χ0n) is 9.74. The largest absolute Gasteiger partial charge is 0.328 e. The Morgan fingerprint density at radius 2 is 2.33 bits per heavy atom. The molecule has 0 bridgehead atoms. The highest BCUT2D eigenvalue weighted by atomic mass is 15.3. The fourth-order valence-electron chi connectivity index (χ4n) is 2.16. The summed E-state index contributed by atoms with van der Waals surface area (Å²) < 4.78 is 2.19. The number of nitrogens with zero attached hydrogens (tertiary/aromatic N) is 2. The normalized spacial score (nSPS) is 18.1. The lowest BCUT2D eigenvalue weighted by atomic mass is 10.1. The highest BCUT2D eigenvalue weighted by molar-refractivity contribution is 5.26. The molecule has 1 atom stereocenters. The lowest BCUT2D eigenvalue weighted by Crippen LogP contribution is -2.18. The van der Waals surface area contributed by atoms with Gasteiger partial charge in [-0.1, -0.05) is 6.92 Å². The highest BCUT2D eigenvalue weighted by Gasteiger charge is 2.29. The maximum Gasteiger partial charge on any atom is 0.0525 e. The van der Waals surface area contributed by atoms with Crippen LogP contribution >= 0.6 is 0 Å². The van der Waals surface area contributed by atoms with Gasteiger partial charge in [0.2, 0.25) is 0 Å². The number of nitrogens with two attached hydrogens (primary N) is 1. The molecule has 1 aromatic rings. The Balaban J connectivity index is 2.21. The zero-order chi connectivity index (χ0) is 10.8. The molecule has 84 valence electrons. The van der Waals surface area contributed by atoms with Crippen molar-refractivity contribution in [1.82, 2.24) is 9.78 Å². The summed E-state index contributed by atoms with van der Waals surface area (Å²) in [5.41, 5.74) is 8.70. The van der Waals surface area contributed by atoms with Crippen molar-refractivity contribution >= 4 is 0 Å². The smallest absolute Gasteiger partial charge is 0.0525 e. The van der Waals surface area contributed by atoms with Crippen molar-refractivity contribution in [3.8, 4) is 0 Å². The molecule has 1 fully saturated rings. The van der Waals surface area contributed by atoms with Gasteiger partial charge in [-0.15, -0.1) is 0 Å². The van der Waals surface area contributed by atoms with Crippen molar-refractivity contribution in [3.63, 3.8) is 0 Å². The molecule has 0 saturated heterocycles. The number of hydrogen-bond acceptors (Lipinski definition) is 2. The van der Waals surface area contributed by atoms with Crippen LogP contribution in [0.3, 0.4) is 0 Å². The van der Waals surface area contributed by atoms with Crippen molar-refractivity contribution in [2.75, 3.05) is 0 Å². The van der Waals surface area contributed by atoms with E-state index in [1.54, 1.807) is 0 Å². The first-order chi connectivity index (χ1) is 7.22. The molecule has 0 spiro atoms. The number of hydrogen-bond donors (Lipinski definition) is 1. The molecule has 2 rings (SSSR count). The summed E-state index contributed by atoms with van der Waals surface area (Å²) in [4.78, 5) is 0. The summed E-state index contributed by atoms with van der Waals surface area (Å²) in [5.74, 6) is 0.771. The first-order valence-corrected chi connectivity index (χ1v) is 6.02. The summed E-state index contributed by atoms with van der Waals surface area (Å²) in [6.45, 7) is 5.31. The lowest BCUT2D eigenvalue weighted by Gasteiger charge is -2.09. The Labute approximate surface area is 91.7 Å². The topological polar surface area (TPSA) is 43.8 Å². The number of rotatable bonds is 5. The van der Waals surface area contributed by atoms with Gasteiger partial charge in [-0.05, 0) is 38.2 Å². The second kappa shape index (κ2) is 4.35. The molecule has 0 aliphatic heterocycles. The van der Waals surface area contributed by atoms with Gasteiger partial charge in [0.15, 0.2) is 0 Å². The first kappa shape index (κ1) is 10.7. The van der Waals surface area contributed by atoms with Crippen LogP contribution in [-0.4, -0.2) is 15.8 Å². The van der Waals surface area contributed by atoms with Gasteiger partial charge >= 0.3 is 0 Å². The van der Waals surface area contributed by atoms with E-state index >= 15 is 0 Å². The Hall–Kier alpha value is -0.830. The van der Waals surface area contributed by atoms with Gasteiger partial charge in [0.1, 0.15) is 0 Å². The molecule has 1 aromatic heterocycles. The van der Waals surface area contributed by atoms with Crippen LogP contribution in [0.15, 0.2) is 6.20 Å². The summed E-state index contributed by atoms with van der Waals surface area (Å²) >= 11 is 0. The van der Waals surface area contributed by atoms with Gasteiger partial charge in [-0.2, -0.15) is 5.10 Å². The van der Waals surface area contributed by atoms with Crippen molar-refractivity contribution in [1.29, 1.82) is 0 Å². The minimum absolute atomic E-state index is 0.238. The monoisotopic (exact) mass is 207 g/mol. The highest BCUT2D eigenvalue weighted by Crippen LogP contribution is 2.41. The second-order valence-electron chi connectivity index (χ2n) is 4.73. The van der Waals surface area contributed by atoms with E-state index in [0.717, 1.165) is 25.3 Å². The fourth-order valence-corrected chi connectivity index (χ4v) is 2.16. The third-order valence-corrected chi connectivity index (χ3v) is 2.90. The minimum Gasteiger partial charge on any atom is -0.328 e. The average molecular weight is 207 g/mol. The molecule has 1 unspecified atom stereocenters. The van der Waals surface area contributed by atoms with E-state index in [-0.39, 0.29) is 6.04 Å². The van der Waals surface area contributed by atoms with Gasteiger partial charge < -0.3 is 5.73 Å². The third kappa shape index (κ3) is 2.40. The van der Waals surface area contributed by atoms with Gasteiger partial charge in [0.05, 0.1) is 6.20 Å². The van der Waals surface area contributed by atoms with Crippen LogP contribution in [0.25, 0.3) is 0 Å². The van der Waals surface area contributed by atoms with Crippen molar-refractivity contribution in [3.05, 3.63) is 17.5 Å². The molecule has 3 nitrogen and oxygen atoms in total. The molecular formula is C12H21N3. The number of aryl methyl sites for hydroxylation is 1. The molecule has 1 heterocycles. The fraction of sp³-hybridized carbons (Fsp3) is 0.750.